The van der Waals surface area contributed by atoms with Crippen molar-refractivity contribution in [1.82, 2.24) is 9.88 Å². The van der Waals surface area contributed by atoms with E-state index in [1.165, 1.54) is 32.5 Å². The number of pyridine rings is 1. The topological polar surface area (TPSA) is 28.2 Å². The van der Waals surface area contributed by atoms with Crippen molar-refractivity contribution in [1.29, 1.82) is 0 Å². The van der Waals surface area contributed by atoms with E-state index in [0.29, 0.717) is 11.2 Å². The van der Waals surface area contributed by atoms with Gasteiger partial charge in [0.05, 0.1) is 11.9 Å². The van der Waals surface area contributed by atoms with Crippen LogP contribution in [0.5, 0.6) is 0 Å². The van der Waals surface area contributed by atoms with Crippen molar-refractivity contribution < 1.29 is 0 Å². The van der Waals surface area contributed by atoms with Crippen LogP contribution in [0.15, 0.2) is 12.3 Å². The van der Waals surface area contributed by atoms with Crippen LogP contribution in [0.3, 0.4) is 0 Å². The second-order valence-electron chi connectivity index (χ2n) is 5.54. The van der Waals surface area contributed by atoms with Gasteiger partial charge in [-0.1, -0.05) is 18.5 Å². The lowest BCUT2D eigenvalue weighted by molar-refractivity contribution is 0.183. The number of aromatic nitrogens is 1. The van der Waals surface area contributed by atoms with Gasteiger partial charge >= 0.3 is 0 Å². The minimum atomic E-state index is 0.487. The van der Waals surface area contributed by atoms with Gasteiger partial charge in [-0.3, -0.25) is 0 Å². The number of hydrogen-bond donors (Lipinski definition) is 1. The summed E-state index contributed by atoms with van der Waals surface area (Å²) < 4.78 is 0. The Bertz CT molecular complexity index is 414. The van der Waals surface area contributed by atoms with Gasteiger partial charge < -0.3 is 10.2 Å². The Hall–Kier alpha value is -0.800. The average molecular weight is 282 g/mol. The second kappa shape index (κ2) is 6.58. The Labute approximate surface area is 121 Å². The van der Waals surface area contributed by atoms with Crippen LogP contribution in [-0.2, 0) is 0 Å². The molecule has 3 nitrogen and oxygen atoms in total. The highest BCUT2D eigenvalue weighted by Gasteiger charge is 2.23. The van der Waals surface area contributed by atoms with Crippen LogP contribution in [-0.4, -0.2) is 35.6 Å². The van der Waals surface area contributed by atoms with E-state index in [4.69, 9.17) is 11.6 Å². The Morgan fingerprint density at radius 2 is 2.16 bits per heavy atom. The van der Waals surface area contributed by atoms with Gasteiger partial charge in [-0.05, 0) is 63.9 Å². The van der Waals surface area contributed by atoms with E-state index >= 15 is 0 Å². The molecule has 0 radical (unpaired) electrons. The number of hydrogen-bond acceptors (Lipinski definition) is 3. The smallest absolute Gasteiger partial charge is 0.132 e. The van der Waals surface area contributed by atoms with Crippen molar-refractivity contribution in [2.24, 2.45) is 5.92 Å². The first-order chi connectivity index (χ1) is 9.10. The summed E-state index contributed by atoms with van der Waals surface area (Å²) >= 11 is 5.95. The van der Waals surface area contributed by atoms with Crippen LogP contribution in [0.25, 0.3) is 0 Å². The summed E-state index contributed by atoms with van der Waals surface area (Å²) in [5.74, 6) is 0.749. The number of rotatable bonds is 4. The van der Waals surface area contributed by atoms with Crippen LogP contribution < -0.4 is 5.32 Å². The predicted molar refractivity (Wildman–Crippen MR) is 81.9 cm³/mol. The Balaban J connectivity index is 1.90. The van der Waals surface area contributed by atoms with Crippen molar-refractivity contribution >= 4 is 17.3 Å². The quantitative estimate of drug-likeness (QED) is 0.855. The van der Waals surface area contributed by atoms with Crippen molar-refractivity contribution in [3.63, 3.8) is 0 Å². The molecule has 1 N–H and O–H groups in total. The molecule has 1 aliphatic heterocycles. The number of nitrogens with one attached hydrogen (secondary N) is 1. The van der Waals surface area contributed by atoms with Crippen LogP contribution in [0, 0.1) is 12.8 Å². The first-order valence-corrected chi connectivity index (χ1v) is 7.59. The summed E-state index contributed by atoms with van der Waals surface area (Å²) in [4.78, 5) is 6.72. The monoisotopic (exact) mass is 281 g/mol. The fourth-order valence-electron chi connectivity index (χ4n) is 2.79. The maximum atomic E-state index is 5.95. The number of aryl methyl sites for hydroxylation is 1. The van der Waals surface area contributed by atoms with Crippen LogP contribution in [0.2, 0.25) is 5.15 Å². The van der Waals surface area contributed by atoms with Gasteiger partial charge in [-0.15, -0.1) is 0 Å². The van der Waals surface area contributed by atoms with E-state index in [1.54, 1.807) is 0 Å². The molecule has 1 fully saturated rings. The minimum Gasteiger partial charge on any atom is -0.381 e. The summed E-state index contributed by atoms with van der Waals surface area (Å²) in [6.45, 7) is 10.1. The highest BCUT2D eigenvalue weighted by Crippen LogP contribution is 2.24. The predicted octanol–water partition coefficient (Wildman–Crippen LogP) is 3.58. The van der Waals surface area contributed by atoms with Crippen LogP contribution in [0.1, 0.15) is 32.3 Å². The van der Waals surface area contributed by atoms with Crippen LogP contribution in [0.4, 0.5) is 5.69 Å². The highest BCUT2D eigenvalue weighted by molar-refractivity contribution is 6.30. The molecule has 0 spiro atoms. The van der Waals surface area contributed by atoms with E-state index in [-0.39, 0.29) is 0 Å². The van der Waals surface area contributed by atoms with E-state index in [9.17, 15) is 0 Å². The van der Waals surface area contributed by atoms with Gasteiger partial charge in [0.2, 0.25) is 0 Å². The first-order valence-electron chi connectivity index (χ1n) is 7.21. The van der Waals surface area contributed by atoms with Gasteiger partial charge in [-0.2, -0.15) is 0 Å². The molecule has 0 aromatic carbocycles. The summed E-state index contributed by atoms with van der Waals surface area (Å²) in [5.41, 5.74) is 2.10. The standard InChI is InChI=1S/C15H24ClN3/c1-4-19-7-5-13(6-8-19)12(3)18-14-9-11(2)15(16)17-10-14/h9-10,12-13,18H,4-8H2,1-3H3. The zero-order valence-electron chi connectivity index (χ0n) is 12.1. The largest absolute Gasteiger partial charge is 0.381 e. The van der Waals surface area contributed by atoms with E-state index in [1.807, 2.05) is 13.1 Å². The minimum absolute atomic E-state index is 0.487. The van der Waals surface area contributed by atoms with E-state index in [2.05, 4.69) is 35.1 Å². The third-order valence-electron chi connectivity index (χ3n) is 4.20. The summed E-state index contributed by atoms with van der Waals surface area (Å²) in [6.07, 6.45) is 4.39. The van der Waals surface area contributed by atoms with Gasteiger partial charge in [0.1, 0.15) is 5.15 Å². The van der Waals surface area contributed by atoms with Gasteiger partial charge in [0, 0.05) is 6.04 Å². The van der Waals surface area contributed by atoms with Gasteiger partial charge in [0.15, 0.2) is 0 Å². The van der Waals surface area contributed by atoms with Crippen molar-refractivity contribution in [3.8, 4) is 0 Å². The molecule has 0 bridgehead atoms. The molecule has 1 aromatic rings. The third kappa shape index (κ3) is 3.83. The average Bonchev–Trinajstić information content (AvgIpc) is 2.43. The Morgan fingerprint density at radius 1 is 1.47 bits per heavy atom. The van der Waals surface area contributed by atoms with Crippen molar-refractivity contribution in [2.75, 3.05) is 25.0 Å². The van der Waals surface area contributed by atoms with Gasteiger partial charge in [0.25, 0.3) is 0 Å². The maximum absolute atomic E-state index is 5.95. The lowest BCUT2D eigenvalue weighted by atomic mass is 9.90. The molecule has 2 rings (SSSR count). The zero-order valence-corrected chi connectivity index (χ0v) is 12.9. The first kappa shape index (κ1) is 14.6. The normalized spacial score (nSPS) is 19.4. The zero-order chi connectivity index (χ0) is 13.8. The summed E-state index contributed by atoms with van der Waals surface area (Å²) in [7, 11) is 0. The molecular formula is C15H24ClN3. The molecule has 1 saturated heterocycles. The Kier molecular flexibility index (Phi) is 5.06. The van der Waals surface area contributed by atoms with E-state index < -0.39 is 0 Å². The summed E-state index contributed by atoms with van der Waals surface area (Å²) in [6, 6.07) is 2.56. The van der Waals surface area contributed by atoms with Crippen molar-refractivity contribution in [3.05, 3.63) is 23.0 Å². The molecule has 106 valence electrons. The number of anilines is 1. The molecule has 0 saturated carbocycles. The third-order valence-corrected chi connectivity index (χ3v) is 4.59. The number of halogens is 1. The molecule has 1 aliphatic rings. The summed E-state index contributed by atoms with van der Waals surface area (Å²) in [5, 5.41) is 4.16. The number of piperidine rings is 1. The lowest BCUT2D eigenvalue weighted by Crippen LogP contribution is -2.39. The second-order valence-corrected chi connectivity index (χ2v) is 5.89. The number of nitrogens with zero attached hydrogens (tertiary/aromatic N) is 2. The maximum Gasteiger partial charge on any atom is 0.132 e. The van der Waals surface area contributed by atoms with Gasteiger partial charge in [-0.25, -0.2) is 4.98 Å². The Morgan fingerprint density at radius 3 is 2.74 bits per heavy atom. The molecule has 0 amide bonds. The van der Waals surface area contributed by atoms with Crippen molar-refractivity contribution in [2.45, 2.75) is 39.7 Å². The molecule has 4 heteroatoms. The molecule has 19 heavy (non-hydrogen) atoms. The fraction of sp³-hybridized carbons (Fsp3) is 0.667. The molecule has 1 unspecified atom stereocenters. The fourth-order valence-corrected chi connectivity index (χ4v) is 2.89. The number of likely N-dealkylation sites (tertiary alicyclic amines) is 1. The SMILES string of the molecule is CCN1CCC(C(C)Nc2cnc(Cl)c(C)c2)CC1. The molecule has 0 aliphatic carbocycles. The highest BCUT2D eigenvalue weighted by atomic mass is 35.5. The van der Waals surface area contributed by atoms with E-state index in [0.717, 1.165) is 17.2 Å². The molecule has 2 heterocycles. The molecule has 1 atom stereocenters. The molecular weight excluding hydrogens is 258 g/mol. The molecule has 1 aromatic heterocycles. The lowest BCUT2D eigenvalue weighted by Gasteiger charge is -2.34. The van der Waals surface area contributed by atoms with Crippen LogP contribution >= 0.6 is 11.6 Å².